The quantitative estimate of drug-likeness (QED) is 0.284. The lowest BCUT2D eigenvalue weighted by atomic mass is 9.57. The summed E-state index contributed by atoms with van der Waals surface area (Å²) in [5.74, 6) is -0.664. The summed E-state index contributed by atoms with van der Waals surface area (Å²) in [5.41, 5.74) is 2.81. The molecule has 0 aliphatic heterocycles. The van der Waals surface area contributed by atoms with Crippen LogP contribution >= 0.6 is 0 Å². The van der Waals surface area contributed by atoms with Gasteiger partial charge in [0, 0.05) is 17.1 Å². The maximum absolute atomic E-state index is 13.8. The number of amides is 1. The monoisotopic (exact) mass is 495 g/mol. The van der Waals surface area contributed by atoms with Gasteiger partial charge in [0.05, 0.1) is 18.2 Å². The van der Waals surface area contributed by atoms with Crippen LogP contribution in [0.1, 0.15) is 23.1 Å². The van der Waals surface area contributed by atoms with Gasteiger partial charge in [-0.3, -0.25) is 24.2 Å². The van der Waals surface area contributed by atoms with Crippen molar-refractivity contribution in [2.45, 2.75) is 24.5 Å². The zero-order valence-electron chi connectivity index (χ0n) is 20.5. The molecule has 4 rings (SSSR count). The molecule has 1 saturated carbocycles. The number of phenols is 1. The lowest BCUT2D eigenvalue weighted by molar-refractivity contribution is -0.153. The van der Waals surface area contributed by atoms with E-state index < -0.39 is 58.0 Å². The summed E-state index contributed by atoms with van der Waals surface area (Å²) in [4.78, 5) is 42.3. The van der Waals surface area contributed by atoms with Crippen molar-refractivity contribution in [2.24, 2.45) is 17.6 Å². The highest BCUT2D eigenvalue weighted by molar-refractivity contribution is 6.24. The summed E-state index contributed by atoms with van der Waals surface area (Å²) in [5, 5.41) is 44.2. The van der Waals surface area contributed by atoms with Gasteiger partial charge in [0.25, 0.3) is 5.91 Å². The lowest BCUT2D eigenvalue weighted by Gasteiger charge is -2.50. The number of rotatable bonds is 3. The van der Waals surface area contributed by atoms with Crippen molar-refractivity contribution in [1.29, 1.82) is 0 Å². The number of aliphatic hydroxyl groups excluding tert-OH is 2. The molecule has 1 aromatic rings. The largest absolute Gasteiger partial charge is 0.508 e. The molecule has 6 N–H and O–H groups in total. The fourth-order valence-electron chi connectivity index (χ4n) is 5.65. The van der Waals surface area contributed by atoms with Crippen LogP contribution in [-0.4, -0.2) is 94.1 Å². The first kappa shape index (κ1) is 25.4. The number of likely N-dealkylation sites (N-methyl/N-ethyl adjacent to an activating group) is 1. The minimum atomic E-state index is -2.65. The molecule has 3 aliphatic rings. The van der Waals surface area contributed by atoms with E-state index in [2.05, 4.69) is 11.8 Å². The highest BCUT2D eigenvalue weighted by Crippen LogP contribution is 2.52. The average Bonchev–Trinajstić information content (AvgIpc) is 2.77. The van der Waals surface area contributed by atoms with E-state index in [1.54, 1.807) is 20.2 Å². The first-order chi connectivity index (χ1) is 16.8. The molecule has 0 aromatic heterocycles. The summed E-state index contributed by atoms with van der Waals surface area (Å²) in [6.07, 6.45) is 0.237. The summed E-state index contributed by atoms with van der Waals surface area (Å²) in [6.45, 7) is 0.486. The van der Waals surface area contributed by atoms with E-state index in [9.17, 15) is 34.8 Å². The van der Waals surface area contributed by atoms with Gasteiger partial charge in [-0.1, -0.05) is 11.8 Å². The van der Waals surface area contributed by atoms with Crippen LogP contribution in [0.5, 0.6) is 5.75 Å². The van der Waals surface area contributed by atoms with Gasteiger partial charge in [-0.05, 0) is 64.6 Å². The number of hydrogen-bond acceptors (Lipinski definition) is 9. The van der Waals surface area contributed by atoms with Crippen LogP contribution in [-0.2, 0) is 20.8 Å². The number of carbonyl (C=O) groups excluding carboxylic acids is 3. The highest BCUT2D eigenvalue weighted by atomic mass is 16.3. The van der Waals surface area contributed by atoms with E-state index in [0.29, 0.717) is 17.7 Å². The number of primary amides is 1. The SMILES string of the molecule is CN(C)CC#Cc1ccc(O)c2c1C[C@H]1C[C@H]3C(N(C)C)C(=O)C(C(N)=O)=C(O)[C@@]3(O)C(=O)C1=C2O. The third-order valence-corrected chi connectivity index (χ3v) is 7.22. The molecule has 190 valence electrons. The summed E-state index contributed by atoms with van der Waals surface area (Å²) in [6, 6.07) is 1.88. The second-order valence-corrected chi connectivity index (χ2v) is 9.99. The molecular weight excluding hydrogens is 466 g/mol. The van der Waals surface area contributed by atoms with Crippen LogP contribution in [0.2, 0.25) is 0 Å². The predicted octanol–water partition coefficient (Wildman–Crippen LogP) is -0.123. The first-order valence-corrected chi connectivity index (χ1v) is 11.5. The van der Waals surface area contributed by atoms with Crippen LogP contribution in [0.4, 0.5) is 0 Å². The van der Waals surface area contributed by atoms with Crippen LogP contribution in [0.15, 0.2) is 29.0 Å². The van der Waals surface area contributed by atoms with Gasteiger partial charge in [0.1, 0.15) is 22.8 Å². The predicted molar refractivity (Wildman–Crippen MR) is 130 cm³/mol. The molecule has 1 fully saturated rings. The molecule has 1 unspecified atom stereocenters. The molecular formula is C26H29N3O7. The van der Waals surface area contributed by atoms with Crippen molar-refractivity contribution in [3.8, 4) is 17.6 Å². The standard InChI is InChI=1S/C26H29N3O7/c1-28(2)9-5-6-12-7-8-16(30)18-14(12)10-13-11-15-20(29(3)4)22(32)19(25(27)35)24(34)26(15,36)23(33)17(13)21(18)31/h7-8,13,15,20,30-31,34,36H,9-11H2,1-4H3,(H2,27,35)/t13-,15-,20?,26-/m0/s1. The number of fused-ring (bicyclic) bond motifs is 3. The molecule has 1 aromatic carbocycles. The smallest absolute Gasteiger partial charge is 0.255 e. The minimum absolute atomic E-state index is 0.0305. The Hall–Kier alpha value is -3.65. The molecule has 1 amide bonds. The zero-order chi connectivity index (χ0) is 26.7. The van der Waals surface area contributed by atoms with Crippen molar-refractivity contribution >= 4 is 23.2 Å². The van der Waals surface area contributed by atoms with Crippen LogP contribution < -0.4 is 5.73 Å². The van der Waals surface area contributed by atoms with Crippen LogP contribution in [0.25, 0.3) is 5.76 Å². The zero-order valence-corrected chi connectivity index (χ0v) is 20.5. The van der Waals surface area contributed by atoms with Crippen LogP contribution in [0, 0.1) is 23.7 Å². The summed E-state index contributed by atoms with van der Waals surface area (Å²) < 4.78 is 0. The number of nitrogens with zero attached hydrogens (tertiary/aromatic N) is 2. The van der Waals surface area contributed by atoms with Gasteiger partial charge < -0.3 is 26.2 Å². The molecule has 0 radical (unpaired) electrons. The van der Waals surface area contributed by atoms with Gasteiger partial charge in [0.15, 0.2) is 11.4 Å². The van der Waals surface area contributed by atoms with E-state index >= 15 is 0 Å². The Kier molecular flexibility index (Phi) is 6.21. The number of nitrogens with two attached hydrogens (primary N) is 1. The number of aromatic hydroxyl groups is 1. The summed E-state index contributed by atoms with van der Waals surface area (Å²) >= 11 is 0. The van der Waals surface area contributed by atoms with Gasteiger partial charge in [0.2, 0.25) is 5.78 Å². The first-order valence-electron chi connectivity index (χ1n) is 11.5. The maximum atomic E-state index is 13.8. The number of hydrogen-bond donors (Lipinski definition) is 5. The number of ketones is 2. The van der Waals surface area contributed by atoms with Gasteiger partial charge in [-0.15, -0.1) is 0 Å². The Morgan fingerprint density at radius 3 is 2.42 bits per heavy atom. The Balaban J connectivity index is 1.93. The highest BCUT2D eigenvalue weighted by Gasteiger charge is 2.64. The molecule has 4 atom stereocenters. The number of aliphatic hydroxyl groups is 3. The normalized spacial score (nSPS) is 27.5. The van der Waals surface area contributed by atoms with Crippen molar-refractivity contribution in [1.82, 2.24) is 9.80 Å². The Labute approximate surface area is 208 Å². The van der Waals surface area contributed by atoms with Crippen molar-refractivity contribution in [2.75, 3.05) is 34.7 Å². The van der Waals surface area contributed by atoms with Gasteiger partial charge >= 0.3 is 0 Å². The van der Waals surface area contributed by atoms with E-state index in [4.69, 9.17) is 5.73 Å². The molecule has 10 heteroatoms. The van der Waals surface area contributed by atoms with E-state index in [1.807, 2.05) is 19.0 Å². The third kappa shape index (κ3) is 3.59. The topological polar surface area (TPSA) is 165 Å². The lowest BCUT2D eigenvalue weighted by Crippen LogP contribution is -2.65. The van der Waals surface area contributed by atoms with E-state index in [0.717, 1.165) is 0 Å². The Morgan fingerprint density at radius 1 is 1.17 bits per heavy atom. The maximum Gasteiger partial charge on any atom is 0.255 e. The molecule has 36 heavy (non-hydrogen) atoms. The number of benzene rings is 1. The second-order valence-electron chi connectivity index (χ2n) is 9.99. The van der Waals surface area contributed by atoms with E-state index in [1.165, 1.54) is 11.0 Å². The number of Topliss-reactive ketones (excluding diaryl/α,β-unsaturated/α-hetero) is 2. The molecule has 0 bridgehead atoms. The second kappa shape index (κ2) is 8.78. The van der Waals surface area contributed by atoms with E-state index in [-0.39, 0.29) is 29.7 Å². The van der Waals surface area contributed by atoms with Gasteiger partial charge in [-0.25, -0.2) is 0 Å². The Bertz CT molecular complexity index is 1310. The molecule has 10 nitrogen and oxygen atoms in total. The van der Waals surface area contributed by atoms with Crippen LogP contribution in [0.3, 0.4) is 0 Å². The molecule has 0 saturated heterocycles. The molecule has 0 heterocycles. The third-order valence-electron chi connectivity index (χ3n) is 7.22. The average molecular weight is 496 g/mol. The van der Waals surface area contributed by atoms with Gasteiger partial charge in [-0.2, -0.15) is 0 Å². The number of phenolic OH excluding ortho intramolecular Hbond substituents is 1. The van der Waals surface area contributed by atoms with Crippen molar-refractivity contribution < 1.29 is 34.8 Å². The molecule has 0 spiro atoms. The summed E-state index contributed by atoms with van der Waals surface area (Å²) in [7, 11) is 6.86. The fourth-order valence-corrected chi connectivity index (χ4v) is 5.65. The minimum Gasteiger partial charge on any atom is -0.508 e. The Morgan fingerprint density at radius 2 is 1.83 bits per heavy atom. The van der Waals surface area contributed by atoms with Crippen molar-refractivity contribution in [3.63, 3.8) is 0 Å². The van der Waals surface area contributed by atoms with Crippen molar-refractivity contribution in [3.05, 3.63) is 45.7 Å². The number of carbonyl (C=O) groups is 3. The molecule has 3 aliphatic carbocycles. The fraction of sp³-hybridized carbons (Fsp3) is 0.423.